The molecular formula is C15H11ClF4S. The molecule has 0 bridgehead atoms. The molecule has 0 amide bonds. The van der Waals surface area contributed by atoms with Gasteiger partial charge in [-0.2, -0.15) is 13.2 Å². The monoisotopic (exact) mass is 334 g/mol. The molecule has 0 nitrogen and oxygen atoms in total. The number of benzene rings is 2. The van der Waals surface area contributed by atoms with Crippen LogP contribution in [0.3, 0.4) is 0 Å². The van der Waals surface area contributed by atoms with E-state index in [9.17, 15) is 17.6 Å². The van der Waals surface area contributed by atoms with E-state index >= 15 is 0 Å². The summed E-state index contributed by atoms with van der Waals surface area (Å²) in [6, 6.07) is 11.1. The average Bonchev–Trinajstić information content (AvgIpc) is 2.45. The van der Waals surface area contributed by atoms with Gasteiger partial charge in [-0.05, 0) is 42.0 Å². The largest absolute Gasteiger partial charge is 0.416 e. The van der Waals surface area contributed by atoms with Crippen molar-refractivity contribution >= 4 is 23.4 Å². The molecule has 0 aliphatic rings. The van der Waals surface area contributed by atoms with Gasteiger partial charge in [0.05, 0.1) is 5.56 Å². The first-order valence-corrected chi connectivity index (χ1v) is 7.42. The second kappa shape index (κ2) is 6.71. The van der Waals surface area contributed by atoms with Crippen LogP contribution in [0.4, 0.5) is 17.6 Å². The fraction of sp³-hybridized carbons (Fsp3) is 0.200. The predicted molar refractivity (Wildman–Crippen MR) is 77.5 cm³/mol. The van der Waals surface area contributed by atoms with E-state index in [1.165, 1.54) is 23.9 Å². The van der Waals surface area contributed by atoms with Crippen LogP contribution in [0, 0.1) is 0 Å². The van der Waals surface area contributed by atoms with Crippen LogP contribution in [-0.2, 0) is 6.18 Å². The highest BCUT2D eigenvalue weighted by Crippen LogP contribution is 2.32. The highest BCUT2D eigenvalue weighted by atomic mass is 35.5. The van der Waals surface area contributed by atoms with Gasteiger partial charge in [-0.25, -0.2) is 4.39 Å². The topological polar surface area (TPSA) is 0 Å². The molecule has 0 saturated carbocycles. The van der Waals surface area contributed by atoms with Gasteiger partial charge in [0.25, 0.3) is 0 Å². The number of thioether (sulfide) groups is 1. The fourth-order valence-corrected chi connectivity index (χ4v) is 2.66. The van der Waals surface area contributed by atoms with Crippen LogP contribution in [0.1, 0.15) is 17.3 Å². The van der Waals surface area contributed by atoms with Crippen molar-refractivity contribution in [3.8, 4) is 0 Å². The Morgan fingerprint density at radius 2 is 1.52 bits per heavy atom. The summed E-state index contributed by atoms with van der Waals surface area (Å²) >= 11 is 7.03. The van der Waals surface area contributed by atoms with Crippen LogP contribution in [0.15, 0.2) is 53.4 Å². The third-order valence-electron chi connectivity index (χ3n) is 2.81. The predicted octanol–water partition coefficient (Wildman–Crippen LogP) is 6.16. The molecule has 0 aromatic heterocycles. The molecule has 1 unspecified atom stereocenters. The molecule has 112 valence electrons. The summed E-state index contributed by atoms with van der Waals surface area (Å²) in [6.45, 7) is 0. The standard InChI is InChI=1S/C15H11ClF4S/c16-12-5-7-13(8-6-12)21-9-14(17)10-1-3-11(4-2-10)15(18,19)20/h1-8,14H,9H2. The lowest BCUT2D eigenvalue weighted by molar-refractivity contribution is -0.137. The SMILES string of the molecule is FC(CSc1ccc(Cl)cc1)c1ccc(C(F)(F)F)cc1. The fourth-order valence-electron chi connectivity index (χ4n) is 1.68. The van der Waals surface area contributed by atoms with Gasteiger partial charge >= 0.3 is 6.18 Å². The van der Waals surface area contributed by atoms with Crippen molar-refractivity contribution in [2.45, 2.75) is 17.2 Å². The quantitative estimate of drug-likeness (QED) is 0.476. The maximum absolute atomic E-state index is 14.0. The number of alkyl halides is 4. The molecule has 6 heteroatoms. The van der Waals surface area contributed by atoms with Crippen molar-refractivity contribution in [1.29, 1.82) is 0 Å². The first-order chi connectivity index (χ1) is 9.86. The highest BCUT2D eigenvalue weighted by Gasteiger charge is 2.30. The van der Waals surface area contributed by atoms with Crippen molar-refractivity contribution < 1.29 is 17.6 Å². The van der Waals surface area contributed by atoms with Crippen LogP contribution in [0.5, 0.6) is 0 Å². The Morgan fingerprint density at radius 1 is 0.952 bits per heavy atom. The van der Waals surface area contributed by atoms with Gasteiger partial charge in [0.1, 0.15) is 6.17 Å². The molecule has 21 heavy (non-hydrogen) atoms. The first-order valence-electron chi connectivity index (χ1n) is 6.06. The van der Waals surface area contributed by atoms with E-state index in [1.807, 2.05) is 0 Å². The maximum Gasteiger partial charge on any atom is 0.416 e. The third kappa shape index (κ3) is 4.64. The summed E-state index contributed by atoms with van der Waals surface area (Å²) in [5, 5.41) is 0.596. The summed E-state index contributed by atoms with van der Waals surface area (Å²) < 4.78 is 51.2. The van der Waals surface area contributed by atoms with Gasteiger partial charge in [0.15, 0.2) is 0 Å². The zero-order chi connectivity index (χ0) is 15.5. The molecule has 0 spiro atoms. The van der Waals surface area contributed by atoms with E-state index in [2.05, 4.69) is 0 Å². The summed E-state index contributed by atoms with van der Waals surface area (Å²) in [5.74, 6) is 0.132. The van der Waals surface area contributed by atoms with Gasteiger partial charge in [0, 0.05) is 15.7 Å². The lowest BCUT2D eigenvalue weighted by atomic mass is 10.1. The lowest BCUT2D eigenvalue weighted by Crippen LogP contribution is -2.05. The Bertz CT molecular complexity index is 578. The molecule has 0 N–H and O–H groups in total. The van der Waals surface area contributed by atoms with Crippen LogP contribution >= 0.6 is 23.4 Å². The highest BCUT2D eigenvalue weighted by molar-refractivity contribution is 7.99. The smallest absolute Gasteiger partial charge is 0.241 e. The Balaban J connectivity index is 1.97. The van der Waals surface area contributed by atoms with Crippen LogP contribution in [-0.4, -0.2) is 5.75 Å². The zero-order valence-electron chi connectivity index (χ0n) is 10.7. The number of hydrogen-bond donors (Lipinski definition) is 0. The minimum atomic E-state index is -4.40. The Morgan fingerprint density at radius 3 is 2.05 bits per heavy atom. The van der Waals surface area contributed by atoms with Crippen LogP contribution < -0.4 is 0 Å². The third-order valence-corrected chi connectivity index (χ3v) is 4.13. The lowest BCUT2D eigenvalue weighted by Gasteiger charge is -2.11. The molecule has 0 saturated heterocycles. The van der Waals surface area contributed by atoms with Gasteiger partial charge in [0.2, 0.25) is 0 Å². The molecule has 0 heterocycles. The minimum absolute atomic E-state index is 0.132. The zero-order valence-corrected chi connectivity index (χ0v) is 12.3. The average molecular weight is 335 g/mol. The number of halogens is 5. The number of hydrogen-bond acceptors (Lipinski definition) is 1. The van der Waals surface area contributed by atoms with Crippen molar-refractivity contribution in [3.05, 3.63) is 64.7 Å². The van der Waals surface area contributed by atoms with Crippen molar-refractivity contribution in [2.75, 3.05) is 5.75 Å². The second-order valence-corrected chi connectivity index (χ2v) is 5.88. The van der Waals surface area contributed by atoms with E-state index in [1.54, 1.807) is 24.3 Å². The first kappa shape index (κ1) is 16.2. The van der Waals surface area contributed by atoms with E-state index in [0.29, 0.717) is 5.02 Å². The molecule has 2 aromatic rings. The minimum Gasteiger partial charge on any atom is -0.241 e. The Kier molecular flexibility index (Phi) is 5.17. The van der Waals surface area contributed by atoms with Crippen molar-refractivity contribution in [1.82, 2.24) is 0 Å². The Labute approximate surface area is 129 Å². The van der Waals surface area contributed by atoms with E-state index in [0.717, 1.165) is 17.0 Å². The van der Waals surface area contributed by atoms with Crippen molar-refractivity contribution in [2.24, 2.45) is 0 Å². The van der Waals surface area contributed by atoms with E-state index in [4.69, 9.17) is 11.6 Å². The van der Waals surface area contributed by atoms with Gasteiger partial charge in [-0.3, -0.25) is 0 Å². The molecule has 2 rings (SSSR count). The normalized spacial score (nSPS) is 13.2. The summed E-state index contributed by atoms with van der Waals surface area (Å²) in [5.41, 5.74) is -0.534. The molecule has 0 aliphatic heterocycles. The summed E-state index contributed by atoms with van der Waals surface area (Å²) in [7, 11) is 0. The summed E-state index contributed by atoms with van der Waals surface area (Å²) in [4.78, 5) is 0.856. The van der Waals surface area contributed by atoms with Crippen LogP contribution in [0.2, 0.25) is 5.02 Å². The molecule has 1 atom stereocenters. The van der Waals surface area contributed by atoms with E-state index in [-0.39, 0.29) is 11.3 Å². The Hall–Kier alpha value is -1.20. The maximum atomic E-state index is 14.0. The molecule has 0 aliphatic carbocycles. The van der Waals surface area contributed by atoms with Crippen LogP contribution in [0.25, 0.3) is 0 Å². The summed E-state index contributed by atoms with van der Waals surface area (Å²) in [6.07, 6.45) is -5.73. The molecule has 0 radical (unpaired) electrons. The molecule has 0 fully saturated rings. The molecular weight excluding hydrogens is 324 g/mol. The van der Waals surface area contributed by atoms with Crippen molar-refractivity contribution in [3.63, 3.8) is 0 Å². The number of rotatable bonds is 4. The van der Waals surface area contributed by atoms with E-state index < -0.39 is 17.9 Å². The second-order valence-electron chi connectivity index (χ2n) is 4.35. The molecule has 2 aromatic carbocycles. The van der Waals surface area contributed by atoms with Gasteiger partial charge in [-0.1, -0.05) is 23.7 Å². The van der Waals surface area contributed by atoms with Gasteiger partial charge in [-0.15, -0.1) is 11.8 Å². The van der Waals surface area contributed by atoms with Gasteiger partial charge < -0.3 is 0 Å².